The maximum atomic E-state index is 12.0. The van der Waals surface area contributed by atoms with Crippen LogP contribution in [-0.4, -0.2) is 63.5 Å². The van der Waals surface area contributed by atoms with E-state index in [9.17, 15) is 9.59 Å². The molecule has 4 N–H and O–H groups in total. The molecule has 30 heavy (non-hydrogen) atoms. The van der Waals surface area contributed by atoms with Gasteiger partial charge in [-0.05, 0) is 49.7 Å². The maximum absolute atomic E-state index is 12.0. The van der Waals surface area contributed by atoms with Crippen molar-refractivity contribution >= 4 is 24.2 Å². The highest BCUT2D eigenvalue weighted by molar-refractivity contribution is 5.86. The Balaban J connectivity index is 1.36. The van der Waals surface area contributed by atoms with Crippen molar-refractivity contribution in [3.8, 4) is 0 Å². The molecule has 0 spiro atoms. The standard InChI is InChI=1S/C22H32N6O2/c29-21(17-27-11-3-1-4-12-27)25-23-15-19-7-9-20(10-8-19)16-24-26-22(30)18-28-13-5-2-6-14-28/h7-10,15-16H,1-6,11-14,17-18H2,(H,25,29)(H,26,30)/p+2/b23-15-,24-16-. The lowest BCUT2D eigenvalue weighted by atomic mass is 10.1. The fourth-order valence-electron chi connectivity index (χ4n) is 4.02. The van der Waals surface area contributed by atoms with E-state index in [0.29, 0.717) is 13.1 Å². The molecule has 2 aliphatic heterocycles. The van der Waals surface area contributed by atoms with Gasteiger partial charge in [0, 0.05) is 0 Å². The topological polar surface area (TPSA) is 91.8 Å². The van der Waals surface area contributed by atoms with Crippen molar-refractivity contribution in [1.29, 1.82) is 0 Å². The zero-order valence-electron chi connectivity index (χ0n) is 17.7. The van der Waals surface area contributed by atoms with Gasteiger partial charge in [-0.1, -0.05) is 24.3 Å². The highest BCUT2D eigenvalue weighted by atomic mass is 16.2. The molecular weight excluding hydrogens is 380 g/mol. The monoisotopic (exact) mass is 414 g/mol. The summed E-state index contributed by atoms with van der Waals surface area (Å²) in [6.07, 6.45) is 10.6. The van der Waals surface area contributed by atoms with Crippen molar-refractivity contribution in [2.45, 2.75) is 38.5 Å². The SMILES string of the molecule is O=C(C[NH+]1CCCCC1)N/N=C\c1ccc(/C=N\NC(=O)C[NH+]2CCCCC2)cc1. The Hall–Kier alpha value is -2.58. The summed E-state index contributed by atoms with van der Waals surface area (Å²) in [4.78, 5) is 26.6. The molecule has 8 heteroatoms. The molecule has 2 saturated heterocycles. The van der Waals surface area contributed by atoms with E-state index in [1.54, 1.807) is 12.4 Å². The van der Waals surface area contributed by atoms with E-state index >= 15 is 0 Å². The summed E-state index contributed by atoms with van der Waals surface area (Å²) in [6, 6.07) is 7.58. The molecule has 2 fully saturated rings. The molecule has 0 aliphatic carbocycles. The number of nitrogens with one attached hydrogen (secondary N) is 4. The van der Waals surface area contributed by atoms with E-state index in [1.165, 1.54) is 48.3 Å². The van der Waals surface area contributed by atoms with Crippen LogP contribution in [0.15, 0.2) is 34.5 Å². The molecule has 0 bridgehead atoms. The van der Waals surface area contributed by atoms with Crippen LogP contribution in [0, 0.1) is 0 Å². The summed E-state index contributed by atoms with van der Waals surface area (Å²) >= 11 is 0. The van der Waals surface area contributed by atoms with Gasteiger partial charge in [0.1, 0.15) is 0 Å². The summed E-state index contributed by atoms with van der Waals surface area (Å²) in [6.45, 7) is 5.25. The lowest BCUT2D eigenvalue weighted by molar-refractivity contribution is -0.896. The predicted molar refractivity (Wildman–Crippen MR) is 117 cm³/mol. The largest absolute Gasteiger partial charge is 0.327 e. The summed E-state index contributed by atoms with van der Waals surface area (Å²) in [7, 11) is 0. The Labute approximate surface area is 178 Å². The van der Waals surface area contributed by atoms with Crippen molar-refractivity contribution in [3.63, 3.8) is 0 Å². The Morgan fingerprint density at radius 3 is 1.43 bits per heavy atom. The van der Waals surface area contributed by atoms with Gasteiger partial charge in [-0.25, -0.2) is 10.9 Å². The number of piperidine rings is 2. The number of amides is 2. The average molecular weight is 415 g/mol. The lowest BCUT2D eigenvalue weighted by Crippen LogP contribution is -3.13. The number of nitrogens with zero attached hydrogens (tertiary/aromatic N) is 2. The summed E-state index contributed by atoms with van der Waals surface area (Å²) in [5.74, 6) is -0.0944. The molecule has 0 atom stereocenters. The number of carbonyl (C=O) groups excluding carboxylic acids is 2. The first-order valence-corrected chi connectivity index (χ1v) is 11.1. The number of hydrazone groups is 2. The number of carbonyl (C=O) groups is 2. The second-order valence-electron chi connectivity index (χ2n) is 8.23. The number of rotatable bonds is 8. The number of benzene rings is 1. The molecule has 0 unspecified atom stereocenters. The first kappa shape index (κ1) is 22.1. The minimum absolute atomic E-state index is 0.0472. The van der Waals surface area contributed by atoms with E-state index in [4.69, 9.17) is 0 Å². The van der Waals surface area contributed by atoms with Crippen LogP contribution in [0.25, 0.3) is 0 Å². The second-order valence-corrected chi connectivity index (χ2v) is 8.23. The highest BCUT2D eigenvalue weighted by Gasteiger charge is 2.17. The molecule has 162 valence electrons. The van der Waals surface area contributed by atoms with E-state index < -0.39 is 0 Å². The Bertz CT molecular complexity index is 671. The van der Waals surface area contributed by atoms with Gasteiger partial charge in [-0.2, -0.15) is 10.2 Å². The first-order chi connectivity index (χ1) is 14.7. The smallest absolute Gasteiger partial charge is 0.295 e. The van der Waals surface area contributed by atoms with Gasteiger partial charge >= 0.3 is 0 Å². The number of quaternary nitrogens is 2. The molecule has 1 aromatic carbocycles. The van der Waals surface area contributed by atoms with Crippen molar-refractivity contribution in [3.05, 3.63) is 35.4 Å². The quantitative estimate of drug-likeness (QED) is 0.315. The Kier molecular flexibility index (Phi) is 8.99. The third-order valence-corrected chi connectivity index (χ3v) is 5.68. The predicted octanol–water partition coefficient (Wildman–Crippen LogP) is -1.28. The van der Waals surface area contributed by atoms with Crippen molar-refractivity contribution in [2.24, 2.45) is 10.2 Å². The van der Waals surface area contributed by atoms with Gasteiger partial charge in [-0.3, -0.25) is 9.59 Å². The molecule has 2 heterocycles. The molecule has 3 rings (SSSR count). The molecule has 1 aromatic rings. The van der Waals surface area contributed by atoms with E-state index in [1.807, 2.05) is 24.3 Å². The Morgan fingerprint density at radius 1 is 0.700 bits per heavy atom. The van der Waals surface area contributed by atoms with Crippen LogP contribution >= 0.6 is 0 Å². The molecule has 8 nitrogen and oxygen atoms in total. The minimum Gasteiger partial charge on any atom is -0.327 e. The third-order valence-electron chi connectivity index (χ3n) is 5.68. The van der Waals surface area contributed by atoms with Gasteiger partial charge < -0.3 is 9.80 Å². The van der Waals surface area contributed by atoms with Crippen LogP contribution in [0.1, 0.15) is 49.7 Å². The number of likely N-dealkylation sites (tertiary alicyclic amines) is 2. The summed E-state index contributed by atoms with van der Waals surface area (Å²) < 4.78 is 0. The Morgan fingerprint density at radius 2 is 1.07 bits per heavy atom. The van der Waals surface area contributed by atoms with E-state index in [-0.39, 0.29) is 11.8 Å². The van der Waals surface area contributed by atoms with Crippen LogP contribution in [0.5, 0.6) is 0 Å². The minimum atomic E-state index is -0.0472. The van der Waals surface area contributed by atoms with Crippen molar-refractivity contribution < 1.29 is 19.4 Å². The number of hydrogen-bond acceptors (Lipinski definition) is 4. The van der Waals surface area contributed by atoms with Gasteiger partial charge in [0.15, 0.2) is 13.1 Å². The fraction of sp³-hybridized carbons (Fsp3) is 0.545. The fourth-order valence-corrected chi connectivity index (χ4v) is 4.02. The van der Waals surface area contributed by atoms with Gasteiger partial charge in [0.05, 0.1) is 38.6 Å². The van der Waals surface area contributed by atoms with Crippen LogP contribution < -0.4 is 20.7 Å². The first-order valence-electron chi connectivity index (χ1n) is 11.1. The average Bonchev–Trinajstić information content (AvgIpc) is 2.76. The van der Waals surface area contributed by atoms with Crippen LogP contribution in [0.3, 0.4) is 0 Å². The summed E-state index contributed by atoms with van der Waals surface area (Å²) in [5, 5.41) is 8.09. The maximum Gasteiger partial charge on any atom is 0.295 e. The molecular formula is C22H34N6O2+2. The van der Waals surface area contributed by atoms with Gasteiger partial charge in [-0.15, -0.1) is 0 Å². The van der Waals surface area contributed by atoms with Gasteiger partial charge in [0.2, 0.25) is 0 Å². The second kappa shape index (κ2) is 12.2. The van der Waals surface area contributed by atoms with Crippen LogP contribution in [-0.2, 0) is 9.59 Å². The third kappa shape index (κ3) is 8.04. The van der Waals surface area contributed by atoms with Crippen molar-refractivity contribution in [1.82, 2.24) is 10.9 Å². The number of hydrogen-bond donors (Lipinski definition) is 4. The lowest BCUT2D eigenvalue weighted by Gasteiger charge is -2.22. The van der Waals surface area contributed by atoms with Gasteiger partial charge in [0.25, 0.3) is 11.8 Å². The molecule has 0 radical (unpaired) electrons. The van der Waals surface area contributed by atoms with Crippen LogP contribution in [0.4, 0.5) is 0 Å². The highest BCUT2D eigenvalue weighted by Crippen LogP contribution is 2.00. The molecule has 0 aromatic heterocycles. The zero-order valence-corrected chi connectivity index (χ0v) is 17.7. The zero-order chi connectivity index (χ0) is 21.0. The molecule has 2 amide bonds. The van der Waals surface area contributed by atoms with E-state index in [2.05, 4.69) is 21.1 Å². The molecule has 2 aliphatic rings. The molecule has 0 saturated carbocycles. The summed E-state index contributed by atoms with van der Waals surface area (Å²) in [5.41, 5.74) is 6.98. The normalized spacial score (nSPS) is 18.7. The van der Waals surface area contributed by atoms with Crippen LogP contribution in [0.2, 0.25) is 0 Å². The van der Waals surface area contributed by atoms with Crippen molar-refractivity contribution in [2.75, 3.05) is 39.3 Å². The van der Waals surface area contributed by atoms with E-state index in [0.717, 1.165) is 37.3 Å².